The fraction of sp³-hybridized carbons (Fsp3) is 0.261. The molecule has 0 radical (unpaired) electrons. The van der Waals surface area contributed by atoms with Gasteiger partial charge in [0.25, 0.3) is 5.91 Å². The molecule has 4 heterocycles. The van der Waals surface area contributed by atoms with E-state index in [1.165, 1.54) is 12.4 Å². The molecule has 0 spiro atoms. The first-order valence-corrected chi connectivity index (χ1v) is 11.5. The second-order valence-corrected chi connectivity index (χ2v) is 8.86. The van der Waals surface area contributed by atoms with Gasteiger partial charge in [-0.25, -0.2) is 9.97 Å². The molecule has 1 amide bonds. The van der Waals surface area contributed by atoms with Gasteiger partial charge in [-0.3, -0.25) is 9.78 Å². The number of aromatic nitrogens is 5. The number of hydrogen-bond donors (Lipinski definition) is 2. The number of hydrogen-bond acceptors (Lipinski definition) is 7. The van der Waals surface area contributed by atoms with Gasteiger partial charge in [0.1, 0.15) is 17.3 Å². The Labute approximate surface area is 198 Å². The quantitative estimate of drug-likeness (QED) is 0.424. The molecular weight excluding hydrogens is 486 g/mol. The fourth-order valence-corrected chi connectivity index (χ4v) is 4.47. The topological polar surface area (TPSA) is 109 Å². The Hall–Kier alpha value is -3.53. The number of piperidine rings is 1. The number of carbonyl (C=O) groups excluding carboxylic acids is 1. The Morgan fingerprint density at radius 2 is 2.12 bits per heavy atom. The third-order valence-electron chi connectivity index (χ3n) is 5.77. The van der Waals surface area contributed by atoms with Crippen LogP contribution in [-0.4, -0.2) is 60.1 Å². The van der Waals surface area contributed by atoms with Gasteiger partial charge in [0.05, 0.1) is 22.6 Å². The molecule has 9 nitrogen and oxygen atoms in total. The van der Waals surface area contributed by atoms with E-state index in [-0.39, 0.29) is 17.6 Å². The van der Waals surface area contributed by atoms with Crippen molar-refractivity contribution >= 4 is 33.3 Å². The van der Waals surface area contributed by atoms with Gasteiger partial charge in [-0.15, -0.1) is 0 Å². The maximum absolute atomic E-state index is 12.8. The van der Waals surface area contributed by atoms with Crippen molar-refractivity contribution in [3.63, 3.8) is 0 Å². The summed E-state index contributed by atoms with van der Waals surface area (Å²) in [4.78, 5) is 27.5. The van der Waals surface area contributed by atoms with Gasteiger partial charge in [0.2, 0.25) is 0 Å². The van der Waals surface area contributed by atoms with Gasteiger partial charge in [-0.2, -0.15) is 9.61 Å². The molecule has 5 rings (SSSR count). The van der Waals surface area contributed by atoms with Crippen LogP contribution in [0.2, 0.25) is 0 Å². The molecule has 168 valence electrons. The number of carbonyl (C=O) groups is 1. The highest BCUT2D eigenvalue weighted by Gasteiger charge is 2.25. The SMILES string of the molecule is O=C(c1cnccn1)N1CCCC(CNc2cc(-c3ccccc3O)nc3c(Br)cnn23)C1. The number of benzene rings is 1. The monoisotopic (exact) mass is 507 g/mol. The van der Waals surface area contributed by atoms with Crippen molar-refractivity contribution < 1.29 is 9.90 Å². The molecule has 1 aromatic carbocycles. The van der Waals surface area contributed by atoms with Crippen molar-refractivity contribution in [2.45, 2.75) is 12.8 Å². The van der Waals surface area contributed by atoms with Crippen LogP contribution in [0, 0.1) is 5.92 Å². The molecule has 1 aliphatic heterocycles. The number of halogens is 1. The number of nitrogens with one attached hydrogen (secondary N) is 1. The van der Waals surface area contributed by atoms with Crippen LogP contribution in [0.3, 0.4) is 0 Å². The minimum atomic E-state index is -0.0862. The van der Waals surface area contributed by atoms with Gasteiger partial charge in [0, 0.05) is 43.7 Å². The van der Waals surface area contributed by atoms with Crippen LogP contribution in [0.15, 0.2) is 59.6 Å². The lowest BCUT2D eigenvalue weighted by atomic mass is 9.97. The maximum Gasteiger partial charge on any atom is 0.274 e. The number of phenolic OH excluding ortho intramolecular Hbond substituents is 1. The minimum absolute atomic E-state index is 0.0862. The van der Waals surface area contributed by atoms with Crippen LogP contribution < -0.4 is 5.32 Å². The molecule has 0 saturated carbocycles. The predicted molar refractivity (Wildman–Crippen MR) is 127 cm³/mol. The smallest absolute Gasteiger partial charge is 0.274 e. The summed E-state index contributed by atoms with van der Waals surface area (Å²) in [5, 5.41) is 18.2. The molecule has 4 aromatic rings. The first-order chi connectivity index (χ1) is 16.1. The maximum atomic E-state index is 12.8. The molecule has 1 fully saturated rings. The van der Waals surface area contributed by atoms with E-state index in [4.69, 9.17) is 0 Å². The molecule has 0 bridgehead atoms. The van der Waals surface area contributed by atoms with E-state index < -0.39 is 0 Å². The summed E-state index contributed by atoms with van der Waals surface area (Å²) in [6.45, 7) is 2.03. The van der Waals surface area contributed by atoms with Crippen molar-refractivity contribution in [1.82, 2.24) is 29.5 Å². The summed E-state index contributed by atoms with van der Waals surface area (Å²) >= 11 is 3.51. The normalized spacial score (nSPS) is 16.2. The van der Waals surface area contributed by atoms with E-state index in [2.05, 4.69) is 41.3 Å². The largest absolute Gasteiger partial charge is 0.507 e. The third kappa shape index (κ3) is 4.38. The standard InChI is InChI=1S/C23H22BrN7O2/c24-17-12-28-31-21(10-18(29-22(17)31)16-5-1-2-6-20(16)32)27-11-15-4-3-9-30(14-15)23(33)19-13-25-7-8-26-19/h1-2,5-8,10,12-13,15,27,32H,3-4,9,11,14H2. The highest BCUT2D eigenvalue weighted by atomic mass is 79.9. The summed E-state index contributed by atoms with van der Waals surface area (Å²) in [7, 11) is 0. The summed E-state index contributed by atoms with van der Waals surface area (Å²) < 4.78 is 2.50. The van der Waals surface area contributed by atoms with Crippen molar-refractivity contribution in [2.75, 3.05) is 25.0 Å². The van der Waals surface area contributed by atoms with Gasteiger partial charge in [-0.05, 0) is 46.8 Å². The summed E-state index contributed by atoms with van der Waals surface area (Å²) in [6, 6.07) is 9.00. The molecule has 1 unspecified atom stereocenters. The van der Waals surface area contributed by atoms with Crippen LogP contribution >= 0.6 is 15.9 Å². The molecular formula is C23H22BrN7O2. The summed E-state index contributed by atoms with van der Waals surface area (Å²) in [5.74, 6) is 1.12. The zero-order valence-electron chi connectivity index (χ0n) is 17.7. The number of amides is 1. The Kier molecular flexibility index (Phi) is 5.91. The van der Waals surface area contributed by atoms with Crippen LogP contribution in [-0.2, 0) is 0 Å². The molecule has 10 heteroatoms. The van der Waals surface area contributed by atoms with Crippen molar-refractivity contribution in [2.24, 2.45) is 5.92 Å². The van der Waals surface area contributed by atoms with E-state index in [1.807, 2.05) is 23.1 Å². The van der Waals surface area contributed by atoms with Gasteiger partial charge >= 0.3 is 0 Å². The lowest BCUT2D eigenvalue weighted by Crippen LogP contribution is -2.42. The van der Waals surface area contributed by atoms with E-state index in [1.54, 1.807) is 29.0 Å². The average Bonchev–Trinajstić information content (AvgIpc) is 3.24. The molecule has 1 aliphatic rings. The second kappa shape index (κ2) is 9.14. The molecule has 2 N–H and O–H groups in total. The van der Waals surface area contributed by atoms with E-state index in [9.17, 15) is 9.90 Å². The number of para-hydroxylation sites is 1. The number of anilines is 1. The number of phenols is 1. The van der Waals surface area contributed by atoms with Crippen LogP contribution in [0.1, 0.15) is 23.3 Å². The third-order valence-corrected chi connectivity index (χ3v) is 6.33. The number of aromatic hydroxyl groups is 1. The molecule has 3 aromatic heterocycles. The fourth-order valence-electron chi connectivity index (χ4n) is 4.13. The summed E-state index contributed by atoms with van der Waals surface area (Å²) in [5.41, 5.74) is 2.32. The van der Waals surface area contributed by atoms with Crippen molar-refractivity contribution in [1.29, 1.82) is 0 Å². The molecule has 0 aliphatic carbocycles. The molecule has 33 heavy (non-hydrogen) atoms. The van der Waals surface area contributed by atoms with E-state index in [0.717, 1.165) is 29.7 Å². The van der Waals surface area contributed by atoms with Gasteiger partial charge in [-0.1, -0.05) is 12.1 Å². The van der Waals surface area contributed by atoms with Gasteiger partial charge in [0.15, 0.2) is 5.65 Å². The first kappa shape index (κ1) is 21.3. The van der Waals surface area contributed by atoms with Crippen LogP contribution in [0.4, 0.5) is 5.82 Å². The Morgan fingerprint density at radius 1 is 1.24 bits per heavy atom. The Balaban J connectivity index is 1.36. The second-order valence-electron chi connectivity index (χ2n) is 8.00. The van der Waals surface area contributed by atoms with Crippen molar-refractivity contribution in [3.05, 3.63) is 65.3 Å². The number of rotatable bonds is 5. The van der Waals surface area contributed by atoms with Gasteiger partial charge < -0.3 is 15.3 Å². The summed E-state index contributed by atoms with van der Waals surface area (Å²) in [6.07, 6.45) is 8.25. The van der Waals surface area contributed by atoms with E-state index >= 15 is 0 Å². The van der Waals surface area contributed by atoms with Crippen LogP contribution in [0.25, 0.3) is 16.9 Å². The lowest BCUT2D eigenvalue weighted by Gasteiger charge is -2.32. The first-order valence-electron chi connectivity index (χ1n) is 10.7. The Morgan fingerprint density at radius 3 is 2.94 bits per heavy atom. The average molecular weight is 508 g/mol. The molecule has 1 atom stereocenters. The van der Waals surface area contributed by atoms with Crippen molar-refractivity contribution in [3.8, 4) is 17.0 Å². The molecule has 1 saturated heterocycles. The predicted octanol–water partition coefficient (Wildman–Crippen LogP) is 3.62. The highest BCUT2D eigenvalue weighted by Crippen LogP contribution is 2.31. The number of fused-ring (bicyclic) bond motifs is 1. The zero-order valence-corrected chi connectivity index (χ0v) is 19.3. The minimum Gasteiger partial charge on any atom is -0.507 e. The number of likely N-dealkylation sites (tertiary alicyclic amines) is 1. The van der Waals surface area contributed by atoms with E-state index in [0.29, 0.717) is 35.7 Å². The zero-order chi connectivity index (χ0) is 22.8. The lowest BCUT2D eigenvalue weighted by molar-refractivity contribution is 0.0673. The Bertz CT molecular complexity index is 1290. The highest BCUT2D eigenvalue weighted by molar-refractivity contribution is 9.10. The number of nitrogens with zero attached hydrogens (tertiary/aromatic N) is 6. The van der Waals surface area contributed by atoms with Crippen LogP contribution in [0.5, 0.6) is 5.75 Å².